The highest BCUT2D eigenvalue weighted by molar-refractivity contribution is 6.04. The molecule has 0 atom stereocenters. The normalized spacial score (nSPS) is 13.7. The Labute approximate surface area is 198 Å². The lowest BCUT2D eigenvalue weighted by atomic mass is 10.2. The fraction of sp³-hybridized carbons (Fsp3) is 0.185. The van der Waals surface area contributed by atoms with Crippen molar-refractivity contribution >= 4 is 28.8 Å². The number of aromatic nitrogens is 1. The van der Waals surface area contributed by atoms with Crippen molar-refractivity contribution in [1.82, 2.24) is 9.30 Å². The fourth-order valence-corrected chi connectivity index (χ4v) is 4.26. The Morgan fingerprint density at radius 3 is 2.21 bits per heavy atom. The third-order valence-electron chi connectivity index (χ3n) is 6.15. The van der Waals surface area contributed by atoms with E-state index in [-0.39, 0.29) is 11.8 Å². The summed E-state index contributed by atoms with van der Waals surface area (Å²) >= 11 is 0. The average molecular weight is 455 g/mol. The molecular weight excluding hydrogens is 428 g/mol. The van der Waals surface area contributed by atoms with E-state index >= 15 is 0 Å². The van der Waals surface area contributed by atoms with Crippen LogP contribution in [0.15, 0.2) is 85.1 Å². The zero-order chi connectivity index (χ0) is 23.5. The van der Waals surface area contributed by atoms with Gasteiger partial charge in [0.15, 0.2) is 0 Å². The summed E-state index contributed by atoms with van der Waals surface area (Å²) < 4.78 is 7.21. The van der Waals surface area contributed by atoms with E-state index in [1.807, 2.05) is 88.3 Å². The Balaban J connectivity index is 1.29. The van der Waals surface area contributed by atoms with Gasteiger partial charge in [-0.1, -0.05) is 18.2 Å². The molecule has 7 heteroatoms. The number of hydrogen-bond acceptors (Lipinski definition) is 4. The average Bonchev–Trinajstić information content (AvgIpc) is 3.32. The van der Waals surface area contributed by atoms with Crippen LogP contribution in [-0.2, 0) is 0 Å². The molecule has 1 fully saturated rings. The van der Waals surface area contributed by atoms with Crippen molar-refractivity contribution in [2.24, 2.45) is 0 Å². The number of benzene rings is 2. The number of carbonyl (C=O) groups excluding carboxylic acids is 2. The van der Waals surface area contributed by atoms with Crippen molar-refractivity contribution in [3.8, 4) is 5.75 Å². The second-order valence-electron chi connectivity index (χ2n) is 8.23. The number of anilines is 2. The maximum atomic E-state index is 12.9. The van der Waals surface area contributed by atoms with Crippen LogP contribution in [0.25, 0.3) is 5.52 Å². The Kier molecular flexibility index (Phi) is 5.91. The molecule has 1 aliphatic heterocycles. The van der Waals surface area contributed by atoms with Gasteiger partial charge in [-0.3, -0.25) is 9.59 Å². The van der Waals surface area contributed by atoms with Gasteiger partial charge >= 0.3 is 0 Å². The minimum atomic E-state index is -0.176. The molecule has 0 saturated carbocycles. The van der Waals surface area contributed by atoms with Crippen molar-refractivity contribution in [3.05, 3.63) is 96.2 Å². The van der Waals surface area contributed by atoms with Crippen molar-refractivity contribution < 1.29 is 14.3 Å². The number of nitrogens with one attached hydrogen (secondary N) is 1. The van der Waals surface area contributed by atoms with Gasteiger partial charge in [0, 0.05) is 49.1 Å². The van der Waals surface area contributed by atoms with E-state index in [1.165, 1.54) is 0 Å². The predicted octanol–water partition coefficient (Wildman–Crippen LogP) is 4.16. The highest BCUT2D eigenvalue weighted by Crippen LogP contribution is 2.23. The smallest absolute Gasteiger partial charge is 0.257 e. The van der Waals surface area contributed by atoms with Crippen molar-refractivity contribution in [2.75, 3.05) is 43.5 Å². The topological polar surface area (TPSA) is 66.3 Å². The van der Waals surface area contributed by atoms with Gasteiger partial charge in [0.1, 0.15) is 11.6 Å². The van der Waals surface area contributed by atoms with Gasteiger partial charge in [-0.15, -0.1) is 0 Å². The molecule has 3 heterocycles. The Hall–Kier alpha value is -4.26. The number of fused-ring (bicyclic) bond motifs is 1. The molecule has 1 N–H and O–H groups in total. The summed E-state index contributed by atoms with van der Waals surface area (Å²) in [6.07, 6.45) is 1.87. The van der Waals surface area contributed by atoms with Gasteiger partial charge in [-0.2, -0.15) is 0 Å². The molecule has 0 spiro atoms. The molecule has 5 rings (SSSR count). The number of amides is 2. The van der Waals surface area contributed by atoms with Crippen LogP contribution < -0.4 is 15.0 Å². The number of carbonyl (C=O) groups is 2. The Morgan fingerprint density at radius 2 is 1.50 bits per heavy atom. The Bertz CT molecular complexity index is 1310. The standard InChI is InChI=1S/C27H26N4O3/c1-34-24-12-8-22(9-13-24)28-26(32)21-7-10-23-11-14-25(31(23)19-21)29-15-17-30(18-16-29)27(33)20-5-3-2-4-6-20/h2-14,19H,15-18H2,1H3,(H,28,32). The summed E-state index contributed by atoms with van der Waals surface area (Å²) in [5.74, 6) is 1.64. The first-order valence-corrected chi connectivity index (χ1v) is 11.3. The molecule has 7 nitrogen and oxygen atoms in total. The van der Waals surface area contributed by atoms with Crippen LogP contribution in [0.4, 0.5) is 11.5 Å². The Morgan fingerprint density at radius 1 is 0.794 bits per heavy atom. The molecule has 0 aliphatic carbocycles. The van der Waals surface area contributed by atoms with E-state index in [0.29, 0.717) is 24.3 Å². The first-order valence-electron chi connectivity index (χ1n) is 11.3. The van der Waals surface area contributed by atoms with Crippen LogP contribution in [0.1, 0.15) is 20.7 Å². The molecular formula is C27H26N4O3. The minimum Gasteiger partial charge on any atom is -0.497 e. The van der Waals surface area contributed by atoms with E-state index in [2.05, 4.69) is 16.3 Å². The van der Waals surface area contributed by atoms with Gasteiger partial charge in [0.2, 0.25) is 0 Å². The van der Waals surface area contributed by atoms with Crippen LogP contribution in [0, 0.1) is 0 Å². The summed E-state index contributed by atoms with van der Waals surface area (Å²) in [4.78, 5) is 29.8. The molecule has 1 saturated heterocycles. The lowest BCUT2D eigenvalue weighted by Gasteiger charge is -2.36. The summed E-state index contributed by atoms with van der Waals surface area (Å²) in [6, 6.07) is 24.5. The van der Waals surface area contributed by atoms with E-state index < -0.39 is 0 Å². The highest BCUT2D eigenvalue weighted by Gasteiger charge is 2.23. The SMILES string of the molecule is COc1ccc(NC(=O)c2ccc3ccc(N4CCN(C(=O)c5ccccc5)CC4)n3c2)cc1. The molecule has 2 aromatic heterocycles. The number of ether oxygens (including phenoxy) is 1. The van der Waals surface area contributed by atoms with Gasteiger partial charge in [-0.25, -0.2) is 0 Å². The molecule has 0 unspecified atom stereocenters. The molecule has 2 amide bonds. The van der Waals surface area contributed by atoms with Crippen molar-refractivity contribution in [2.45, 2.75) is 0 Å². The quantitative estimate of drug-likeness (QED) is 0.492. The third kappa shape index (κ3) is 4.32. The maximum absolute atomic E-state index is 12.9. The first-order chi connectivity index (χ1) is 16.6. The lowest BCUT2D eigenvalue weighted by molar-refractivity contribution is 0.0746. The van der Waals surface area contributed by atoms with E-state index in [0.717, 1.165) is 35.7 Å². The second kappa shape index (κ2) is 9.31. The summed E-state index contributed by atoms with van der Waals surface area (Å²) in [7, 11) is 1.61. The number of piperazine rings is 1. The zero-order valence-corrected chi connectivity index (χ0v) is 19.0. The molecule has 34 heavy (non-hydrogen) atoms. The monoisotopic (exact) mass is 454 g/mol. The van der Waals surface area contributed by atoms with Crippen LogP contribution in [0.3, 0.4) is 0 Å². The van der Waals surface area contributed by atoms with Crippen LogP contribution in [0.5, 0.6) is 5.75 Å². The van der Waals surface area contributed by atoms with Gasteiger partial charge in [-0.05, 0) is 60.7 Å². The van der Waals surface area contributed by atoms with Gasteiger partial charge < -0.3 is 24.3 Å². The summed E-state index contributed by atoms with van der Waals surface area (Å²) in [5.41, 5.74) is 3.01. The van der Waals surface area contributed by atoms with E-state index in [9.17, 15) is 9.59 Å². The van der Waals surface area contributed by atoms with Crippen molar-refractivity contribution in [1.29, 1.82) is 0 Å². The van der Waals surface area contributed by atoms with Crippen LogP contribution in [-0.4, -0.2) is 54.4 Å². The van der Waals surface area contributed by atoms with Crippen LogP contribution in [0.2, 0.25) is 0 Å². The molecule has 0 radical (unpaired) electrons. The number of methoxy groups -OCH3 is 1. The van der Waals surface area contributed by atoms with Crippen LogP contribution >= 0.6 is 0 Å². The lowest BCUT2D eigenvalue weighted by Crippen LogP contribution is -2.49. The number of pyridine rings is 1. The number of nitrogens with zero attached hydrogens (tertiary/aromatic N) is 3. The van der Waals surface area contributed by atoms with Crippen molar-refractivity contribution in [3.63, 3.8) is 0 Å². The molecule has 2 aromatic carbocycles. The third-order valence-corrected chi connectivity index (χ3v) is 6.15. The summed E-state index contributed by atoms with van der Waals surface area (Å²) in [5, 5.41) is 2.93. The highest BCUT2D eigenvalue weighted by atomic mass is 16.5. The predicted molar refractivity (Wildman–Crippen MR) is 133 cm³/mol. The summed E-state index contributed by atoms with van der Waals surface area (Å²) in [6.45, 7) is 2.76. The first kappa shape index (κ1) is 21.6. The minimum absolute atomic E-state index is 0.0674. The zero-order valence-electron chi connectivity index (χ0n) is 19.0. The fourth-order valence-electron chi connectivity index (χ4n) is 4.26. The number of rotatable bonds is 5. The van der Waals surface area contributed by atoms with E-state index in [4.69, 9.17) is 4.74 Å². The number of hydrogen-bond donors (Lipinski definition) is 1. The maximum Gasteiger partial charge on any atom is 0.257 e. The molecule has 1 aliphatic rings. The van der Waals surface area contributed by atoms with Gasteiger partial charge in [0.25, 0.3) is 11.8 Å². The molecule has 0 bridgehead atoms. The van der Waals surface area contributed by atoms with Gasteiger partial charge in [0.05, 0.1) is 12.7 Å². The van der Waals surface area contributed by atoms with E-state index in [1.54, 1.807) is 7.11 Å². The second-order valence-corrected chi connectivity index (χ2v) is 8.23. The molecule has 172 valence electrons. The molecule has 4 aromatic rings. The largest absolute Gasteiger partial charge is 0.497 e.